The molecule has 0 saturated carbocycles. The molecule has 128 valence electrons. The maximum absolute atomic E-state index is 10.2. The van der Waals surface area contributed by atoms with Crippen LogP contribution in [0.1, 0.15) is 5.56 Å². The van der Waals surface area contributed by atoms with Gasteiger partial charge in [0, 0.05) is 16.4 Å². The Morgan fingerprint density at radius 3 is 2.50 bits per heavy atom. The maximum atomic E-state index is 10.2. The zero-order valence-electron chi connectivity index (χ0n) is 13.9. The Hall–Kier alpha value is -2.92. The fourth-order valence-corrected chi connectivity index (χ4v) is 3.16. The summed E-state index contributed by atoms with van der Waals surface area (Å²) < 4.78 is 0.862. The van der Waals surface area contributed by atoms with Gasteiger partial charge in [-0.15, -0.1) is 0 Å². The quantitative estimate of drug-likeness (QED) is 0.478. The van der Waals surface area contributed by atoms with Crippen molar-refractivity contribution in [1.82, 2.24) is 9.97 Å². The van der Waals surface area contributed by atoms with Gasteiger partial charge in [-0.05, 0) is 35.9 Å². The van der Waals surface area contributed by atoms with Crippen molar-refractivity contribution in [3.05, 3.63) is 82.8 Å². The fraction of sp³-hybridized carbons (Fsp3) is 0.0476. The first-order chi connectivity index (χ1) is 12.7. The van der Waals surface area contributed by atoms with Crippen molar-refractivity contribution >= 4 is 32.7 Å². The highest BCUT2D eigenvalue weighted by molar-refractivity contribution is 9.10. The molecule has 0 aliphatic rings. The van der Waals surface area contributed by atoms with E-state index in [1.165, 1.54) is 5.56 Å². The van der Waals surface area contributed by atoms with Crippen LogP contribution >= 0.6 is 15.9 Å². The Labute approximate surface area is 159 Å². The van der Waals surface area contributed by atoms with E-state index < -0.39 is 0 Å². The van der Waals surface area contributed by atoms with Crippen LogP contribution in [0.15, 0.2) is 77.3 Å². The van der Waals surface area contributed by atoms with Crippen LogP contribution in [0, 0.1) is 0 Å². The lowest BCUT2D eigenvalue weighted by atomic mass is 10.1. The number of nitrogens with zero attached hydrogens (tertiary/aromatic N) is 2. The van der Waals surface area contributed by atoms with E-state index in [-0.39, 0.29) is 5.75 Å². The van der Waals surface area contributed by atoms with Crippen LogP contribution < -0.4 is 5.32 Å². The summed E-state index contributed by atoms with van der Waals surface area (Å²) in [6.45, 7) is 0.658. The van der Waals surface area contributed by atoms with Gasteiger partial charge in [-0.1, -0.05) is 58.4 Å². The molecule has 0 aliphatic carbocycles. The lowest BCUT2D eigenvalue weighted by Gasteiger charge is -2.12. The highest BCUT2D eigenvalue weighted by Crippen LogP contribution is 2.32. The number of rotatable bonds is 4. The minimum absolute atomic E-state index is 0.150. The molecule has 4 nitrogen and oxygen atoms in total. The molecule has 1 aromatic heterocycles. The van der Waals surface area contributed by atoms with Gasteiger partial charge in [0.15, 0.2) is 5.82 Å². The number of halogens is 1. The van der Waals surface area contributed by atoms with Gasteiger partial charge < -0.3 is 10.4 Å². The maximum Gasteiger partial charge on any atom is 0.165 e. The molecular formula is C21H16BrN3O. The van der Waals surface area contributed by atoms with E-state index in [9.17, 15) is 5.11 Å². The van der Waals surface area contributed by atoms with Gasteiger partial charge >= 0.3 is 0 Å². The smallest absolute Gasteiger partial charge is 0.165 e. The molecular weight excluding hydrogens is 390 g/mol. The van der Waals surface area contributed by atoms with Gasteiger partial charge in [0.25, 0.3) is 0 Å². The van der Waals surface area contributed by atoms with Crippen LogP contribution in [0.3, 0.4) is 0 Å². The number of phenols is 1. The highest BCUT2D eigenvalue weighted by Gasteiger charge is 2.12. The van der Waals surface area contributed by atoms with Crippen LogP contribution in [0.4, 0.5) is 5.82 Å². The van der Waals surface area contributed by atoms with Gasteiger partial charge in [-0.3, -0.25) is 0 Å². The molecule has 0 radical (unpaired) electrons. The second-order valence-electron chi connectivity index (χ2n) is 5.91. The van der Waals surface area contributed by atoms with E-state index in [4.69, 9.17) is 0 Å². The minimum atomic E-state index is 0.150. The average Bonchev–Trinajstić information content (AvgIpc) is 2.68. The molecule has 3 aromatic carbocycles. The van der Waals surface area contributed by atoms with Gasteiger partial charge in [0.2, 0.25) is 0 Å². The molecule has 5 heteroatoms. The molecule has 0 atom stereocenters. The first-order valence-corrected chi connectivity index (χ1v) is 9.03. The summed E-state index contributed by atoms with van der Waals surface area (Å²) in [5.74, 6) is 1.38. The summed E-state index contributed by atoms with van der Waals surface area (Å²) in [5, 5.41) is 14.6. The molecule has 2 N–H and O–H groups in total. The van der Waals surface area contributed by atoms with Gasteiger partial charge in [0.1, 0.15) is 11.6 Å². The molecule has 26 heavy (non-hydrogen) atoms. The highest BCUT2D eigenvalue weighted by atomic mass is 79.9. The number of aromatic hydroxyl groups is 1. The molecule has 0 bridgehead atoms. The van der Waals surface area contributed by atoms with E-state index in [1.54, 1.807) is 12.1 Å². The summed E-state index contributed by atoms with van der Waals surface area (Å²) >= 11 is 3.44. The van der Waals surface area contributed by atoms with Crippen molar-refractivity contribution in [3.8, 4) is 17.1 Å². The molecule has 1 heterocycles. The van der Waals surface area contributed by atoms with E-state index in [0.717, 1.165) is 21.2 Å². The standard InChI is InChI=1S/C21H16BrN3O/c22-15-10-11-19(26)17(12-15)21-24-18-9-5-4-8-16(18)20(25-21)23-13-14-6-2-1-3-7-14/h1-12,26H,13H2,(H,23,24,25). The van der Waals surface area contributed by atoms with Crippen molar-refractivity contribution in [2.24, 2.45) is 0 Å². The van der Waals surface area contributed by atoms with Crippen LogP contribution in [0.2, 0.25) is 0 Å². The molecule has 0 spiro atoms. The average molecular weight is 406 g/mol. The predicted molar refractivity (Wildman–Crippen MR) is 108 cm³/mol. The third-order valence-corrected chi connectivity index (χ3v) is 4.60. The van der Waals surface area contributed by atoms with Crippen molar-refractivity contribution < 1.29 is 5.11 Å². The van der Waals surface area contributed by atoms with E-state index in [0.29, 0.717) is 17.9 Å². The van der Waals surface area contributed by atoms with E-state index in [2.05, 4.69) is 43.3 Å². The number of para-hydroxylation sites is 1. The molecule has 0 aliphatic heterocycles. The number of hydrogen-bond acceptors (Lipinski definition) is 4. The Morgan fingerprint density at radius 1 is 0.885 bits per heavy atom. The number of fused-ring (bicyclic) bond motifs is 1. The number of aromatic nitrogens is 2. The molecule has 0 amide bonds. The normalized spacial score (nSPS) is 10.8. The predicted octanol–water partition coefficient (Wildman–Crippen LogP) is 5.38. The zero-order valence-corrected chi connectivity index (χ0v) is 15.4. The topological polar surface area (TPSA) is 58.0 Å². The number of phenolic OH excluding ortho intramolecular Hbond substituents is 1. The van der Waals surface area contributed by atoms with Gasteiger partial charge in [0.05, 0.1) is 11.1 Å². The lowest BCUT2D eigenvalue weighted by molar-refractivity contribution is 0.477. The van der Waals surface area contributed by atoms with Crippen molar-refractivity contribution in [1.29, 1.82) is 0 Å². The Bertz CT molecular complexity index is 1070. The second kappa shape index (κ2) is 7.14. The van der Waals surface area contributed by atoms with Crippen LogP contribution in [0.25, 0.3) is 22.3 Å². The Kier molecular flexibility index (Phi) is 4.54. The number of benzene rings is 3. The van der Waals surface area contributed by atoms with Gasteiger partial charge in [-0.25, -0.2) is 9.97 Å². The molecule has 4 aromatic rings. The van der Waals surface area contributed by atoms with Crippen LogP contribution in [-0.4, -0.2) is 15.1 Å². The first-order valence-electron chi connectivity index (χ1n) is 8.24. The van der Waals surface area contributed by atoms with E-state index >= 15 is 0 Å². The summed E-state index contributed by atoms with van der Waals surface area (Å²) in [7, 11) is 0. The third-order valence-electron chi connectivity index (χ3n) is 4.11. The fourth-order valence-electron chi connectivity index (χ4n) is 2.80. The number of hydrogen-bond donors (Lipinski definition) is 2. The van der Waals surface area contributed by atoms with Crippen molar-refractivity contribution in [2.75, 3.05) is 5.32 Å². The summed E-state index contributed by atoms with van der Waals surface area (Å²) in [6.07, 6.45) is 0. The summed E-state index contributed by atoms with van der Waals surface area (Å²) in [5.41, 5.74) is 2.59. The summed E-state index contributed by atoms with van der Waals surface area (Å²) in [6, 6.07) is 23.3. The third kappa shape index (κ3) is 3.39. The lowest BCUT2D eigenvalue weighted by Crippen LogP contribution is -2.04. The van der Waals surface area contributed by atoms with Gasteiger partial charge in [-0.2, -0.15) is 0 Å². The van der Waals surface area contributed by atoms with E-state index in [1.807, 2.05) is 48.5 Å². The van der Waals surface area contributed by atoms with Crippen LogP contribution in [-0.2, 0) is 6.54 Å². The molecule has 0 saturated heterocycles. The SMILES string of the molecule is Oc1ccc(Br)cc1-c1nc(NCc2ccccc2)c2ccccc2n1. The monoisotopic (exact) mass is 405 g/mol. The second-order valence-corrected chi connectivity index (χ2v) is 6.83. The summed E-state index contributed by atoms with van der Waals surface area (Å²) in [4.78, 5) is 9.32. The molecule has 0 unspecified atom stereocenters. The first kappa shape index (κ1) is 16.5. The van der Waals surface area contributed by atoms with Crippen molar-refractivity contribution in [3.63, 3.8) is 0 Å². The largest absolute Gasteiger partial charge is 0.507 e. The Morgan fingerprint density at radius 2 is 1.65 bits per heavy atom. The number of anilines is 1. The minimum Gasteiger partial charge on any atom is -0.507 e. The Balaban J connectivity index is 1.79. The molecule has 4 rings (SSSR count). The zero-order chi connectivity index (χ0) is 17.9. The number of nitrogens with one attached hydrogen (secondary N) is 1. The van der Waals surface area contributed by atoms with Crippen molar-refractivity contribution in [2.45, 2.75) is 6.54 Å². The molecule has 0 fully saturated rings. The van der Waals surface area contributed by atoms with Crippen LogP contribution in [0.5, 0.6) is 5.75 Å².